The number of hydrogen-bond acceptors (Lipinski definition) is 2. The molecule has 1 aliphatic carbocycles. The highest BCUT2D eigenvalue weighted by Gasteiger charge is 2.20. The van der Waals surface area contributed by atoms with Gasteiger partial charge in [-0.1, -0.05) is 25.7 Å². The fourth-order valence-corrected chi connectivity index (χ4v) is 3.86. The summed E-state index contributed by atoms with van der Waals surface area (Å²) in [5, 5.41) is 0. The Bertz CT molecular complexity index is 351. The molecule has 2 rings (SSSR count). The number of halogens is 1. The van der Waals surface area contributed by atoms with Gasteiger partial charge in [-0.3, -0.25) is 4.79 Å². The van der Waals surface area contributed by atoms with E-state index in [0.717, 1.165) is 16.6 Å². The minimum absolute atomic E-state index is 0.336. The van der Waals surface area contributed by atoms with Gasteiger partial charge in [-0.25, -0.2) is 0 Å². The van der Waals surface area contributed by atoms with Crippen molar-refractivity contribution in [2.24, 2.45) is 5.92 Å². The van der Waals surface area contributed by atoms with Crippen LogP contribution in [0.3, 0.4) is 0 Å². The largest absolute Gasteiger partial charge is 0.299 e. The molecule has 1 aromatic heterocycles. The van der Waals surface area contributed by atoms with Crippen LogP contribution in [-0.4, -0.2) is 5.78 Å². The molecule has 0 aromatic carbocycles. The average molecular weight is 301 g/mol. The van der Waals surface area contributed by atoms with E-state index in [2.05, 4.69) is 22.0 Å². The van der Waals surface area contributed by atoms with Gasteiger partial charge in [0.25, 0.3) is 0 Å². The van der Waals surface area contributed by atoms with Gasteiger partial charge < -0.3 is 0 Å². The Morgan fingerprint density at radius 2 is 1.94 bits per heavy atom. The molecule has 0 amide bonds. The van der Waals surface area contributed by atoms with Crippen molar-refractivity contribution in [2.45, 2.75) is 44.9 Å². The summed E-state index contributed by atoms with van der Waals surface area (Å²) in [6, 6.07) is 4.09. The number of carbonyl (C=O) groups excluding carboxylic acids is 1. The molecule has 1 aromatic rings. The minimum Gasteiger partial charge on any atom is -0.299 e. The number of ketones is 1. The lowest BCUT2D eigenvalue weighted by molar-refractivity contribution is -0.122. The number of carbonyl (C=O) groups is 1. The summed E-state index contributed by atoms with van der Waals surface area (Å²) in [6.07, 6.45) is 7.98. The van der Waals surface area contributed by atoms with Gasteiger partial charge in [-0.05, 0) is 40.9 Å². The van der Waals surface area contributed by atoms with Crippen LogP contribution < -0.4 is 0 Å². The maximum Gasteiger partial charge on any atom is 0.141 e. The summed E-state index contributed by atoms with van der Waals surface area (Å²) in [5.74, 6) is 0.791. The van der Waals surface area contributed by atoms with E-state index < -0.39 is 0 Å². The molecule has 3 heteroatoms. The third kappa shape index (κ3) is 3.42. The zero-order chi connectivity index (χ0) is 11.4. The van der Waals surface area contributed by atoms with Gasteiger partial charge >= 0.3 is 0 Å². The Hall–Kier alpha value is -0.150. The molecule has 16 heavy (non-hydrogen) atoms. The Kier molecular flexibility index (Phi) is 4.59. The van der Waals surface area contributed by atoms with Gasteiger partial charge in [-0.2, -0.15) is 0 Å². The van der Waals surface area contributed by atoms with Crippen LogP contribution in [-0.2, 0) is 11.2 Å². The molecule has 1 saturated carbocycles. The van der Waals surface area contributed by atoms with E-state index in [4.69, 9.17) is 0 Å². The summed E-state index contributed by atoms with van der Waals surface area (Å²) in [4.78, 5) is 13.3. The monoisotopic (exact) mass is 300 g/mol. The first-order valence-electron chi connectivity index (χ1n) is 6.02. The lowest BCUT2D eigenvalue weighted by Crippen LogP contribution is -2.15. The van der Waals surface area contributed by atoms with E-state index in [9.17, 15) is 4.79 Å². The lowest BCUT2D eigenvalue weighted by atomic mass is 9.93. The Balaban J connectivity index is 1.91. The maximum absolute atomic E-state index is 12.1. The van der Waals surface area contributed by atoms with Crippen molar-refractivity contribution in [2.75, 3.05) is 0 Å². The van der Waals surface area contributed by atoms with Crippen LogP contribution in [0.25, 0.3) is 0 Å². The van der Waals surface area contributed by atoms with Crippen LogP contribution in [0, 0.1) is 5.92 Å². The van der Waals surface area contributed by atoms with E-state index in [1.165, 1.54) is 30.6 Å². The van der Waals surface area contributed by atoms with Crippen LogP contribution in [0.15, 0.2) is 15.9 Å². The number of Topliss-reactive ketones (excluding diaryl/α,β-unsaturated/α-hetero) is 1. The molecule has 0 N–H and O–H groups in total. The van der Waals surface area contributed by atoms with Crippen molar-refractivity contribution in [1.82, 2.24) is 0 Å². The van der Waals surface area contributed by atoms with E-state index in [1.807, 2.05) is 6.07 Å². The molecule has 0 spiro atoms. The quantitative estimate of drug-likeness (QED) is 0.746. The first-order valence-corrected chi connectivity index (χ1v) is 7.63. The Morgan fingerprint density at radius 3 is 2.50 bits per heavy atom. The summed E-state index contributed by atoms with van der Waals surface area (Å²) in [5.41, 5.74) is 0. The molecule has 1 heterocycles. The van der Waals surface area contributed by atoms with Gasteiger partial charge in [0.2, 0.25) is 0 Å². The molecule has 0 bridgehead atoms. The predicted octanol–water partition coefficient (Wildman–Crippen LogP) is 4.59. The fraction of sp³-hybridized carbons (Fsp3) is 0.615. The molecule has 0 atom stereocenters. The van der Waals surface area contributed by atoms with Crippen LogP contribution in [0.4, 0.5) is 0 Å². The van der Waals surface area contributed by atoms with E-state index >= 15 is 0 Å². The SMILES string of the molecule is O=C(Cc1ccc(Br)s1)C1CCCCCC1. The third-order valence-corrected chi connectivity index (χ3v) is 4.91. The molecular formula is C13H17BrOS. The van der Waals surface area contributed by atoms with E-state index in [0.29, 0.717) is 18.1 Å². The van der Waals surface area contributed by atoms with Crippen LogP contribution in [0.2, 0.25) is 0 Å². The maximum atomic E-state index is 12.1. The zero-order valence-electron chi connectivity index (χ0n) is 9.38. The molecule has 1 aliphatic rings. The molecular weight excluding hydrogens is 284 g/mol. The fourth-order valence-electron chi connectivity index (χ4n) is 2.36. The third-order valence-electron chi connectivity index (χ3n) is 3.29. The molecule has 0 saturated heterocycles. The van der Waals surface area contributed by atoms with Crippen molar-refractivity contribution in [3.8, 4) is 0 Å². The van der Waals surface area contributed by atoms with Crippen LogP contribution in [0.5, 0.6) is 0 Å². The Labute approximate surface area is 109 Å². The molecule has 1 nitrogen and oxygen atoms in total. The minimum atomic E-state index is 0.336. The standard InChI is InChI=1S/C13H17BrOS/c14-13-8-7-11(16-13)9-12(15)10-5-3-1-2-4-6-10/h7-8,10H,1-6,9H2. The topological polar surface area (TPSA) is 17.1 Å². The van der Waals surface area contributed by atoms with E-state index in [-0.39, 0.29) is 0 Å². The number of thiophene rings is 1. The summed E-state index contributed by atoms with van der Waals surface area (Å²) < 4.78 is 1.12. The number of rotatable bonds is 3. The van der Waals surface area contributed by atoms with Gasteiger partial charge in [0.05, 0.1) is 3.79 Å². The summed E-state index contributed by atoms with van der Waals surface area (Å²) in [7, 11) is 0. The molecule has 0 radical (unpaired) electrons. The zero-order valence-corrected chi connectivity index (χ0v) is 11.8. The molecule has 88 valence electrons. The van der Waals surface area contributed by atoms with Crippen LogP contribution >= 0.6 is 27.3 Å². The van der Waals surface area contributed by atoms with Crippen molar-refractivity contribution in [3.05, 3.63) is 20.8 Å². The average Bonchev–Trinajstić information content (AvgIpc) is 2.56. The molecule has 1 fully saturated rings. The van der Waals surface area contributed by atoms with Gasteiger partial charge in [0, 0.05) is 17.2 Å². The van der Waals surface area contributed by atoms with Crippen LogP contribution in [0.1, 0.15) is 43.4 Å². The second-order valence-electron chi connectivity index (χ2n) is 4.54. The summed E-state index contributed by atoms with van der Waals surface area (Å²) >= 11 is 5.12. The molecule has 0 aliphatic heterocycles. The van der Waals surface area contributed by atoms with Gasteiger partial charge in [0.1, 0.15) is 5.78 Å². The highest BCUT2D eigenvalue weighted by Crippen LogP contribution is 2.27. The predicted molar refractivity (Wildman–Crippen MR) is 71.9 cm³/mol. The Morgan fingerprint density at radius 1 is 1.25 bits per heavy atom. The lowest BCUT2D eigenvalue weighted by Gasteiger charge is -2.11. The van der Waals surface area contributed by atoms with Crippen molar-refractivity contribution in [1.29, 1.82) is 0 Å². The van der Waals surface area contributed by atoms with Crippen molar-refractivity contribution >= 4 is 33.0 Å². The number of hydrogen-bond donors (Lipinski definition) is 0. The van der Waals surface area contributed by atoms with Gasteiger partial charge in [0.15, 0.2) is 0 Å². The second-order valence-corrected chi connectivity index (χ2v) is 7.08. The van der Waals surface area contributed by atoms with Crippen molar-refractivity contribution < 1.29 is 4.79 Å². The van der Waals surface area contributed by atoms with Crippen molar-refractivity contribution in [3.63, 3.8) is 0 Å². The highest BCUT2D eigenvalue weighted by molar-refractivity contribution is 9.11. The first kappa shape index (κ1) is 12.3. The molecule has 0 unspecified atom stereocenters. The van der Waals surface area contributed by atoms with Gasteiger partial charge in [-0.15, -0.1) is 11.3 Å². The summed E-state index contributed by atoms with van der Waals surface area (Å²) in [6.45, 7) is 0. The highest BCUT2D eigenvalue weighted by atomic mass is 79.9. The first-order chi connectivity index (χ1) is 7.75. The van der Waals surface area contributed by atoms with E-state index in [1.54, 1.807) is 11.3 Å². The smallest absolute Gasteiger partial charge is 0.141 e. The second kappa shape index (κ2) is 5.97. The normalized spacial score (nSPS) is 18.3.